The predicted octanol–water partition coefficient (Wildman–Crippen LogP) is 4.25. The Morgan fingerprint density at radius 1 is 0.634 bits per heavy atom. The topological polar surface area (TPSA) is 104 Å². The van der Waals surface area contributed by atoms with E-state index in [4.69, 9.17) is 23.7 Å². The Bertz CT molecular complexity index is 952. The van der Waals surface area contributed by atoms with Crippen LogP contribution in [0.15, 0.2) is 48.5 Å². The third kappa shape index (κ3) is 18.0. The first-order chi connectivity index (χ1) is 20.1. The molecule has 0 unspecified atom stereocenters. The van der Waals surface area contributed by atoms with Gasteiger partial charge in [-0.25, -0.2) is 0 Å². The highest BCUT2D eigenvalue weighted by Crippen LogP contribution is 2.13. The second-order valence-corrected chi connectivity index (χ2v) is 9.72. The number of carbonyl (C=O) groups excluding carboxylic acids is 2. The molecule has 0 heterocycles. The monoisotopic (exact) mass is 572 g/mol. The molecule has 0 aliphatic carbocycles. The molecule has 228 valence electrons. The first-order valence-corrected chi connectivity index (χ1v) is 14.7. The lowest BCUT2D eigenvalue weighted by molar-refractivity contribution is -0.125. The SMILES string of the molecule is CNC(=O)CCOCCCOCCOc1ccc(CCNC(=O)COCCCCCCOc2ccc(C)cc2)cc1. The van der Waals surface area contributed by atoms with Crippen LogP contribution in [0.25, 0.3) is 0 Å². The van der Waals surface area contributed by atoms with Crippen molar-refractivity contribution < 1.29 is 33.3 Å². The molecule has 2 rings (SSSR count). The molecule has 0 saturated heterocycles. The van der Waals surface area contributed by atoms with Gasteiger partial charge in [0.05, 0.1) is 19.8 Å². The molecule has 0 aliphatic heterocycles. The van der Waals surface area contributed by atoms with Gasteiger partial charge in [-0.1, -0.05) is 36.2 Å². The molecule has 0 bridgehead atoms. The van der Waals surface area contributed by atoms with Crippen LogP contribution in [0, 0.1) is 6.92 Å². The lowest BCUT2D eigenvalue weighted by Gasteiger charge is -2.09. The molecule has 0 spiro atoms. The van der Waals surface area contributed by atoms with Crippen molar-refractivity contribution in [2.45, 2.75) is 51.9 Å². The Balaban J connectivity index is 1.37. The van der Waals surface area contributed by atoms with E-state index in [0.29, 0.717) is 52.6 Å². The molecule has 41 heavy (non-hydrogen) atoms. The van der Waals surface area contributed by atoms with Gasteiger partial charge < -0.3 is 34.3 Å². The smallest absolute Gasteiger partial charge is 0.246 e. The quantitative estimate of drug-likeness (QED) is 0.181. The van der Waals surface area contributed by atoms with E-state index >= 15 is 0 Å². The number of ether oxygens (including phenoxy) is 5. The van der Waals surface area contributed by atoms with E-state index in [-0.39, 0.29) is 18.4 Å². The van der Waals surface area contributed by atoms with Crippen molar-refractivity contribution in [3.8, 4) is 11.5 Å². The number of unbranched alkanes of at least 4 members (excludes halogenated alkanes) is 3. The Kier molecular flexibility index (Phi) is 18.7. The summed E-state index contributed by atoms with van der Waals surface area (Å²) < 4.78 is 27.9. The van der Waals surface area contributed by atoms with Crippen LogP contribution in [0.2, 0.25) is 0 Å². The lowest BCUT2D eigenvalue weighted by atomic mass is 10.1. The summed E-state index contributed by atoms with van der Waals surface area (Å²) in [5, 5.41) is 5.46. The maximum absolute atomic E-state index is 12.0. The summed E-state index contributed by atoms with van der Waals surface area (Å²) in [4.78, 5) is 23.1. The van der Waals surface area contributed by atoms with Gasteiger partial charge in [-0.3, -0.25) is 9.59 Å². The van der Waals surface area contributed by atoms with Crippen molar-refractivity contribution in [3.05, 3.63) is 59.7 Å². The fourth-order valence-electron chi connectivity index (χ4n) is 3.77. The maximum Gasteiger partial charge on any atom is 0.246 e. The molecular weight excluding hydrogens is 524 g/mol. The van der Waals surface area contributed by atoms with Crippen molar-refractivity contribution in [2.24, 2.45) is 0 Å². The van der Waals surface area contributed by atoms with Crippen LogP contribution in [-0.4, -0.2) is 78.3 Å². The molecular formula is C32H48N2O7. The zero-order valence-corrected chi connectivity index (χ0v) is 24.8. The Hall–Kier alpha value is -3.14. The number of hydrogen-bond donors (Lipinski definition) is 2. The standard InChI is InChI=1S/C32H48N2O7/c1-27-8-12-29(13-9-27)40-22-6-4-3-5-19-39-26-32(36)34-18-16-28-10-14-30(15-11-28)41-25-24-38-21-7-20-37-23-17-31(35)33-2/h8-15H,3-7,16-26H2,1-2H3,(H,33,35)(H,34,36). The minimum Gasteiger partial charge on any atom is -0.494 e. The lowest BCUT2D eigenvalue weighted by Crippen LogP contribution is -2.29. The molecule has 0 atom stereocenters. The summed E-state index contributed by atoms with van der Waals surface area (Å²) in [5.41, 5.74) is 2.35. The second kappa shape index (κ2) is 22.5. The zero-order valence-electron chi connectivity index (χ0n) is 24.8. The van der Waals surface area contributed by atoms with Crippen LogP contribution in [0.4, 0.5) is 0 Å². The molecule has 2 N–H and O–H groups in total. The van der Waals surface area contributed by atoms with E-state index in [1.54, 1.807) is 7.05 Å². The predicted molar refractivity (Wildman–Crippen MR) is 160 cm³/mol. The first-order valence-electron chi connectivity index (χ1n) is 14.7. The van der Waals surface area contributed by atoms with Crippen molar-refractivity contribution >= 4 is 11.8 Å². The van der Waals surface area contributed by atoms with Crippen LogP contribution in [0.5, 0.6) is 11.5 Å². The van der Waals surface area contributed by atoms with E-state index in [0.717, 1.165) is 62.2 Å². The average molecular weight is 573 g/mol. The van der Waals surface area contributed by atoms with Crippen LogP contribution < -0.4 is 20.1 Å². The molecule has 0 aliphatic rings. The van der Waals surface area contributed by atoms with Gasteiger partial charge in [-0.15, -0.1) is 0 Å². The number of hydrogen-bond acceptors (Lipinski definition) is 7. The van der Waals surface area contributed by atoms with E-state index in [1.807, 2.05) is 36.4 Å². The number of carbonyl (C=O) groups is 2. The summed E-state index contributed by atoms with van der Waals surface area (Å²) in [7, 11) is 1.61. The van der Waals surface area contributed by atoms with Crippen molar-refractivity contribution in [1.82, 2.24) is 10.6 Å². The van der Waals surface area contributed by atoms with E-state index in [9.17, 15) is 9.59 Å². The Morgan fingerprint density at radius 2 is 1.24 bits per heavy atom. The minimum absolute atomic E-state index is 0.0200. The molecule has 0 fully saturated rings. The molecule has 2 aromatic carbocycles. The summed E-state index contributed by atoms with van der Waals surface area (Å²) >= 11 is 0. The van der Waals surface area contributed by atoms with E-state index in [2.05, 4.69) is 29.7 Å². The van der Waals surface area contributed by atoms with Crippen LogP contribution in [-0.2, 0) is 30.2 Å². The summed E-state index contributed by atoms with van der Waals surface area (Å²) in [6, 6.07) is 16.0. The molecule has 0 aromatic heterocycles. The molecule has 0 saturated carbocycles. The highest BCUT2D eigenvalue weighted by Gasteiger charge is 2.03. The van der Waals surface area contributed by atoms with Gasteiger partial charge in [0.15, 0.2) is 0 Å². The number of nitrogens with one attached hydrogen (secondary N) is 2. The zero-order chi connectivity index (χ0) is 29.4. The third-order valence-electron chi connectivity index (χ3n) is 6.19. The number of aryl methyl sites for hydroxylation is 1. The molecule has 2 aromatic rings. The van der Waals surface area contributed by atoms with Crippen molar-refractivity contribution in [3.63, 3.8) is 0 Å². The number of benzene rings is 2. The first kappa shape index (κ1) is 34.1. The third-order valence-corrected chi connectivity index (χ3v) is 6.19. The van der Waals surface area contributed by atoms with Crippen LogP contribution >= 0.6 is 0 Å². The average Bonchev–Trinajstić information content (AvgIpc) is 2.98. The summed E-state index contributed by atoms with van der Waals surface area (Å²) in [5.74, 6) is 1.59. The molecule has 9 nitrogen and oxygen atoms in total. The van der Waals surface area contributed by atoms with Gasteiger partial charge in [0.2, 0.25) is 11.8 Å². The van der Waals surface area contributed by atoms with Gasteiger partial charge in [-0.2, -0.15) is 0 Å². The van der Waals surface area contributed by atoms with Crippen LogP contribution in [0.3, 0.4) is 0 Å². The minimum atomic E-state index is -0.0908. The molecule has 2 amide bonds. The normalized spacial score (nSPS) is 10.8. The van der Waals surface area contributed by atoms with Gasteiger partial charge in [0.1, 0.15) is 24.7 Å². The summed E-state index contributed by atoms with van der Waals surface area (Å²) in [6.07, 6.45) is 5.98. The van der Waals surface area contributed by atoms with Gasteiger partial charge >= 0.3 is 0 Å². The van der Waals surface area contributed by atoms with Gasteiger partial charge in [0, 0.05) is 39.8 Å². The van der Waals surface area contributed by atoms with Crippen molar-refractivity contribution in [2.75, 3.05) is 66.4 Å². The summed E-state index contributed by atoms with van der Waals surface area (Å²) in [6.45, 7) is 6.58. The Labute approximate surface area is 245 Å². The van der Waals surface area contributed by atoms with Crippen molar-refractivity contribution in [1.29, 1.82) is 0 Å². The fraction of sp³-hybridized carbons (Fsp3) is 0.562. The van der Waals surface area contributed by atoms with E-state index < -0.39 is 0 Å². The van der Waals surface area contributed by atoms with Crippen LogP contribution in [0.1, 0.15) is 49.7 Å². The number of amides is 2. The maximum atomic E-state index is 12.0. The highest BCUT2D eigenvalue weighted by atomic mass is 16.5. The highest BCUT2D eigenvalue weighted by molar-refractivity contribution is 5.77. The number of rotatable bonds is 24. The fourth-order valence-corrected chi connectivity index (χ4v) is 3.77. The molecule has 0 radical (unpaired) electrons. The molecule has 9 heteroatoms. The largest absolute Gasteiger partial charge is 0.494 e. The van der Waals surface area contributed by atoms with Gasteiger partial charge in [-0.05, 0) is 68.9 Å². The van der Waals surface area contributed by atoms with Gasteiger partial charge in [0.25, 0.3) is 0 Å². The van der Waals surface area contributed by atoms with E-state index in [1.165, 1.54) is 5.56 Å². The second-order valence-electron chi connectivity index (χ2n) is 9.72. The Morgan fingerprint density at radius 3 is 1.95 bits per heavy atom.